The third-order valence-electron chi connectivity index (χ3n) is 3.01. The lowest BCUT2D eigenvalue weighted by molar-refractivity contribution is -0.170. The van der Waals surface area contributed by atoms with E-state index < -0.39 is 27.2 Å². The third-order valence-corrected chi connectivity index (χ3v) is 4.36. The molecule has 1 aromatic carbocycles. The highest BCUT2D eigenvalue weighted by atomic mass is 35.7. The van der Waals surface area contributed by atoms with Crippen molar-refractivity contribution >= 4 is 31.3 Å². The Morgan fingerprint density at radius 2 is 2.00 bits per heavy atom. The molecule has 0 spiro atoms. The van der Waals surface area contributed by atoms with Crippen LogP contribution in [0, 0.1) is 0 Å². The molecule has 1 amide bonds. The number of carbonyl (C=O) groups is 1. The zero-order valence-corrected chi connectivity index (χ0v) is 11.7. The fourth-order valence-corrected chi connectivity index (χ4v) is 3.01. The maximum Gasteiger partial charge on any atom is 0.471 e. The van der Waals surface area contributed by atoms with Crippen LogP contribution in [0.1, 0.15) is 12.5 Å². The van der Waals surface area contributed by atoms with Gasteiger partial charge in [0.25, 0.3) is 9.05 Å². The van der Waals surface area contributed by atoms with Crippen molar-refractivity contribution in [3.63, 3.8) is 0 Å². The van der Waals surface area contributed by atoms with Gasteiger partial charge in [-0.1, -0.05) is 0 Å². The molecular formula is C11H9ClF3NO3S. The average molecular weight is 328 g/mol. The maximum absolute atomic E-state index is 12.5. The largest absolute Gasteiger partial charge is 0.471 e. The predicted molar refractivity (Wildman–Crippen MR) is 66.2 cm³/mol. The van der Waals surface area contributed by atoms with E-state index in [1.807, 2.05) is 0 Å². The van der Waals surface area contributed by atoms with Gasteiger partial charge in [-0.3, -0.25) is 4.79 Å². The number of fused-ring (bicyclic) bond motifs is 1. The van der Waals surface area contributed by atoms with Crippen LogP contribution in [0.5, 0.6) is 0 Å². The summed E-state index contributed by atoms with van der Waals surface area (Å²) in [5.41, 5.74) is 0.403. The highest BCUT2D eigenvalue weighted by molar-refractivity contribution is 8.13. The Bertz CT molecular complexity index is 672. The summed E-state index contributed by atoms with van der Waals surface area (Å²) in [6.45, 7) is 1.46. The lowest BCUT2D eigenvalue weighted by Gasteiger charge is -2.23. The highest BCUT2D eigenvalue weighted by Crippen LogP contribution is 2.37. The van der Waals surface area contributed by atoms with Crippen molar-refractivity contribution < 1.29 is 26.4 Å². The number of halogens is 4. The number of rotatable bonds is 1. The smallest absolute Gasteiger partial charge is 0.301 e. The first kappa shape index (κ1) is 15.1. The van der Waals surface area contributed by atoms with Gasteiger partial charge in [0.2, 0.25) is 0 Å². The minimum Gasteiger partial charge on any atom is -0.301 e. The number of nitrogens with zero attached hydrogens (tertiary/aromatic N) is 1. The summed E-state index contributed by atoms with van der Waals surface area (Å²) in [5, 5.41) is 0. The molecule has 1 atom stereocenters. The summed E-state index contributed by atoms with van der Waals surface area (Å²) in [6.07, 6.45) is -4.84. The highest BCUT2D eigenvalue weighted by Gasteiger charge is 2.47. The van der Waals surface area contributed by atoms with Gasteiger partial charge in [0.1, 0.15) is 0 Å². The Kier molecular flexibility index (Phi) is 3.50. The Labute approximate surface area is 117 Å². The average Bonchev–Trinajstić information content (AvgIpc) is 2.60. The molecule has 0 bridgehead atoms. The van der Waals surface area contributed by atoms with Gasteiger partial charge in [-0.25, -0.2) is 8.42 Å². The van der Waals surface area contributed by atoms with Crippen molar-refractivity contribution in [2.24, 2.45) is 0 Å². The summed E-state index contributed by atoms with van der Waals surface area (Å²) < 4.78 is 60.0. The van der Waals surface area contributed by atoms with Gasteiger partial charge in [0.05, 0.1) is 4.90 Å². The number of amides is 1. The monoisotopic (exact) mass is 327 g/mol. The molecule has 1 unspecified atom stereocenters. The van der Waals surface area contributed by atoms with Gasteiger partial charge in [-0.2, -0.15) is 13.2 Å². The van der Waals surface area contributed by atoms with Crippen molar-refractivity contribution in [3.8, 4) is 0 Å². The first-order valence-electron chi connectivity index (χ1n) is 5.50. The number of hydrogen-bond acceptors (Lipinski definition) is 3. The molecular weight excluding hydrogens is 319 g/mol. The van der Waals surface area contributed by atoms with Crippen LogP contribution in [0.4, 0.5) is 18.9 Å². The number of benzene rings is 1. The van der Waals surface area contributed by atoms with Crippen LogP contribution >= 0.6 is 10.7 Å². The Hall–Kier alpha value is -1.28. The standard InChI is InChI=1S/C11H9ClF3NO3S/c1-6-4-7-5-8(20(12,18)19)2-3-9(7)16(6)10(17)11(13,14)15/h2-3,5-6H,4H2,1H3. The minimum absolute atomic E-state index is 0.0592. The number of hydrogen-bond donors (Lipinski definition) is 0. The van der Waals surface area contributed by atoms with Crippen molar-refractivity contribution in [3.05, 3.63) is 23.8 Å². The van der Waals surface area contributed by atoms with E-state index in [-0.39, 0.29) is 17.0 Å². The number of carbonyl (C=O) groups excluding carboxylic acids is 1. The molecule has 110 valence electrons. The second-order valence-corrected chi connectivity index (χ2v) is 7.02. The van der Waals surface area contributed by atoms with Crippen LogP contribution in [-0.4, -0.2) is 26.5 Å². The summed E-state index contributed by atoms with van der Waals surface area (Å²) in [6, 6.07) is 2.73. The Morgan fingerprint density at radius 3 is 2.50 bits per heavy atom. The zero-order chi connectivity index (χ0) is 15.3. The van der Waals surface area contributed by atoms with Crippen LogP contribution in [0.3, 0.4) is 0 Å². The van der Waals surface area contributed by atoms with Crippen molar-refractivity contribution in [1.82, 2.24) is 0 Å². The summed E-state index contributed by atoms with van der Waals surface area (Å²) in [7, 11) is 1.22. The molecule has 1 aromatic rings. The van der Waals surface area contributed by atoms with Crippen molar-refractivity contribution in [1.29, 1.82) is 0 Å². The van der Waals surface area contributed by atoms with Crippen molar-refractivity contribution in [2.45, 2.75) is 30.5 Å². The van der Waals surface area contributed by atoms with E-state index in [1.54, 1.807) is 0 Å². The fourth-order valence-electron chi connectivity index (χ4n) is 2.21. The lowest BCUT2D eigenvalue weighted by Crippen LogP contribution is -2.44. The maximum atomic E-state index is 12.5. The van der Waals surface area contributed by atoms with E-state index in [1.165, 1.54) is 13.0 Å². The van der Waals surface area contributed by atoms with Gasteiger partial charge < -0.3 is 4.90 Å². The quantitative estimate of drug-likeness (QED) is 0.745. The number of anilines is 1. The van der Waals surface area contributed by atoms with Crippen LogP contribution in [0.2, 0.25) is 0 Å². The molecule has 2 rings (SSSR count). The molecule has 1 aliphatic heterocycles. The molecule has 0 saturated heterocycles. The second-order valence-electron chi connectivity index (χ2n) is 4.45. The predicted octanol–water partition coefficient (Wildman–Crippen LogP) is 2.45. The van der Waals surface area contributed by atoms with E-state index in [2.05, 4.69) is 0 Å². The van der Waals surface area contributed by atoms with Crippen LogP contribution in [-0.2, 0) is 20.3 Å². The van der Waals surface area contributed by atoms with E-state index in [0.717, 1.165) is 12.1 Å². The molecule has 0 radical (unpaired) electrons. The molecule has 0 aromatic heterocycles. The summed E-state index contributed by atoms with van der Waals surface area (Å²) >= 11 is 0. The molecule has 9 heteroatoms. The Morgan fingerprint density at radius 1 is 1.40 bits per heavy atom. The molecule has 0 N–H and O–H groups in total. The van der Waals surface area contributed by atoms with E-state index in [4.69, 9.17) is 10.7 Å². The molecule has 20 heavy (non-hydrogen) atoms. The molecule has 0 fully saturated rings. The van der Waals surface area contributed by atoms with Gasteiger partial charge in [-0.15, -0.1) is 0 Å². The molecule has 1 heterocycles. The Balaban J connectivity index is 2.48. The molecule has 1 aliphatic rings. The van der Waals surface area contributed by atoms with Gasteiger partial charge in [0.15, 0.2) is 0 Å². The molecule has 0 saturated carbocycles. The number of alkyl halides is 3. The van der Waals surface area contributed by atoms with Gasteiger partial charge in [-0.05, 0) is 37.1 Å². The molecule has 0 aliphatic carbocycles. The van der Waals surface area contributed by atoms with E-state index in [0.29, 0.717) is 10.5 Å². The van der Waals surface area contributed by atoms with E-state index in [9.17, 15) is 26.4 Å². The van der Waals surface area contributed by atoms with E-state index >= 15 is 0 Å². The summed E-state index contributed by atoms with van der Waals surface area (Å²) in [4.78, 5) is 11.8. The first-order chi connectivity index (χ1) is 9.01. The van der Waals surface area contributed by atoms with Crippen molar-refractivity contribution in [2.75, 3.05) is 4.90 Å². The van der Waals surface area contributed by atoms with Gasteiger partial charge in [0, 0.05) is 22.4 Å². The lowest BCUT2D eigenvalue weighted by atomic mass is 10.1. The SMILES string of the molecule is CC1Cc2cc(S(=O)(=O)Cl)ccc2N1C(=O)C(F)(F)F. The topological polar surface area (TPSA) is 54.5 Å². The minimum atomic E-state index is -4.98. The first-order valence-corrected chi connectivity index (χ1v) is 7.80. The van der Waals surface area contributed by atoms with Crippen LogP contribution < -0.4 is 4.90 Å². The normalized spacial score (nSPS) is 19.1. The van der Waals surface area contributed by atoms with Crippen LogP contribution in [0.25, 0.3) is 0 Å². The fraction of sp³-hybridized carbons (Fsp3) is 0.364. The third kappa shape index (κ3) is 2.62. The zero-order valence-electron chi connectivity index (χ0n) is 10.1. The molecule has 4 nitrogen and oxygen atoms in total. The van der Waals surface area contributed by atoms with Crippen LogP contribution in [0.15, 0.2) is 23.1 Å². The second kappa shape index (κ2) is 4.63. The van der Waals surface area contributed by atoms with Gasteiger partial charge >= 0.3 is 12.1 Å². The summed E-state index contributed by atoms with van der Waals surface area (Å²) in [5.74, 6) is -1.97.